The zero-order valence-corrected chi connectivity index (χ0v) is 20.1. The Morgan fingerprint density at radius 1 is 1.23 bits per heavy atom. The van der Waals surface area contributed by atoms with Gasteiger partial charge in [0.2, 0.25) is 10.0 Å². The summed E-state index contributed by atoms with van der Waals surface area (Å²) >= 11 is 0. The standard InChI is InChI=1S/C24H26N6O4S/c1-33-21-12-17(35(31,32)30-7-9-34-10-8-30)5-6-19(21)28-22-13-20(27-16-3-2-4-16)23-15(14-25)11-18(26)24(23)29-22/h5-6,11-13,16,26H,2-4,7-10H2,1H3,(H2,27,28,29). The van der Waals surface area contributed by atoms with E-state index in [0.717, 1.165) is 24.9 Å². The predicted octanol–water partition coefficient (Wildman–Crippen LogP) is 3.11. The second-order valence-electron chi connectivity index (χ2n) is 8.64. The van der Waals surface area contributed by atoms with Gasteiger partial charge in [0.05, 0.1) is 48.3 Å². The molecule has 1 aromatic carbocycles. The Labute approximate surface area is 204 Å². The van der Waals surface area contributed by atoms with Crippen LogP contribution in [-0.2, 0) is 14.8 Å². The molecule has 2 aromatic rings. The lowest BCUT2D eigenvalue weighted by Crippen LogP contribution is -2.40. The number of hydrogen-bond donors (Lipinski definition) is 3. The summed E-state index contributed by atoms with van der Waals surface area (Å²) in [6.07, 6.45) is 4.79. The molecule has 10 nitrogen and oxygen atoms in total. The van der Waals surface area contributed by atoms with Crippen LogP contribution in [0.4, 0.5) is 17.2 Å². The summed E-state index contributed by atoms with van der Waals surface area (Å²) in [6, 6.07) is 8.98. The fourth-order valence-electron chi connectivity index (χ4n) is 4.35. The SMILES string of the molecule is COc1cc(S(=O)(=O)N2CCOCC2)ccc1Nc1cc(NC2CCC2)c2c(n1)C(=N)C=C2C#N. The van der Waals surface area contributed by atoms with Crippen molar-refractivity contribution in [3.05, 3.63) is 41.6 Å². The van der Waals surface area contributed by atoms with Crippen LogP contribution in [0.15, 0.2) is 35.2 Å². The number of pyridine rings is 1. The number of morpholine rings is 1. The van der Waals surface area contributed by atoms with E-state index in [2.05, 4.69) is 21.7 Å². The molecule has 2 heterocycles. The molecular formula is C24H26N6O4S. The topological polar surface area (TPSA) is 140 Å². The molecule has 0 unspecified atom stereocenters. The average molecular weight is 495 g/mol. The van der Waals surface area contributed by atoms with E-state index in [1.165, 1.54) is 29.6 Å². The lowest BCUT2D eigenvalue weighted by molar-refractivity contribution is 0.0730. The molecule has 3 aliphatic rings. The van der Waals surface area contributed by atoms with Gasteiger partial charge in [-0.05, 0) is 37.5 Å². The quantitative estimate of drug-likeness (QED) is 0.533. The van der Waals surface area contributed by atoms with Gasteiger partial charge < -0.3 is 20.1 Å². The normalized spacial score (nSPS) is 18.3. The van der Waals surface area contributed by atoms with Gasteiger partial charge in [-0.2, -0.15) is 9.57 Å². The van der Waals surface area contributed by atoms with E-state index in [1.54, 1.807) is 6.07 Å². The van der Waals surface area contributed by atoms with E-state index in [-0.39, 0.29) is 10.6 Å². The van der Waals surface area contributed by atoms with Crippen molar-refractivity contribution in [2.24, 2.45) is 0 Å². The molecule has 1 saturated carbocycles. The molecule has 2 fully saturated rings. The highest BCUT2D eigenvalue weighted by Gasteiger charge is 2.29. The number of nitriles is 1. The number of rotatable bonds is 7. The van der Waals surface area contributed by atoms with Gasteiger partial charge in [0.1, 0.15) is 17.3 Å². The molecule has 2 aliphatic carbocycles. The largest absolute Gasteiger partial charge is 0.495 e. The second-order valence-corrected chi connectivity index (χ2v) is 10.6. The van der Waals surface area contributed by atoms with Crippen LogP contribution in [0.3, 0.4) is 0 Å². The Bertz CT molecular complexity index is 1350. The highest BCUT2D eigenvalue weighted by molar-refractivity contribution is 7.89. The molecule has 1 saturated heterocycles. The smallest absolute Gasteiger partial charge is 0.243 e. The van der Waals surface area contributed by atoms with Crippen molar-refractivity contribution in [2.45, 2.75) is 30.2 Å². The maximum atomic E-state index is 13.0. The van der Waals surface area contributed by atoms with Crippen LogP contribution >= 0.6 is 0 Å². The van der Waals surface area contributed by atoms with Crippen LogP contribution in [-0.4, -0.2) is 62.9 Å². The first-order chi connectivity index (χ1) is 16.9. The number of nitrogens with one attached hydrogen (secondary N) is 3. The number of nitrogens with zero attached hydrogens (tertiary/aromatic N) is 3. The first-order valence-electron chi connectivity index (χ1n) is 11.5. The van der Waals surface area contributed by atoms with Gasteiger partial charge in [0.15, 0.2) is 0 Å². The van der Waals surface area contributed by atoms with E-state index in [9.17, 15) is 13.7 Å². The van der Waals surface area contributed by atoms with Gasteiger partial charge in [-0.1, -0.05) is 0 Å². The van der Waals surface area contributed by atoms with Crippen LogP contribution in [0.2, 0.25) is 0 Å². The first-order valence-corrected chi connectivity index (χ1v) is 12.9. The molecule has 5 rings (SSSR count). The van der Waals surface area contributed by atoms with Crippen LogP contribution < -0.4 is 15.4 Å². The zero-order chi connectivity index (χ0) is 24.6. The Morgan fingerprint density at radius 3 is 2.66 bits per heavy atom. The molecule has 0 atom stereocenters. The molecule has 1 aliphatic heterocycles. The number of ether oxygens (including phenoxy) is 2. The van der Waals surface area contributed by atoms with Crippen molar-refractivity contribution in [3.8, 4) is 11.8 Å². The van der Waals surface area contributed by atoms with Gasteiger partial charge in [-0.15, -0.1) is 0 Å². The fraction of sp³-hybridized carbons (Fsp3) is 0.375. The van der Waals surface area contributed by atoms with E-state index in [0.29, 0.717) is 66.4 Å². The third kappa shape index (κ3) is 4.36. The highest BCUT2D eigenvalue weighted by Crippen LogP contribution is 2.38. The Morgan fingerprint density at radius 2 is 2.00 bits per heavy atom. The van der Waals surface area contributed by atoms with E-state index < -0.39 is 10.0 Å². The number of aromatic nitrogens is 1. The van der Waals surface area contributed by atoms with Gasteiger partial charge in [0.25, 0.3) is 0 Å². The molecule has 182 valence electrons. The van der Waals surface area contributed by atoms with Crippen molar-refractivity contribution in [3.63, 3.8) is 0 Å². The van der Waals surface area contributed by atoms with Crippen molar-refractivity contribution in [1.29, 1.82) is 10.7 Å². The van der Waals surface area contributed by atoms with Gasteiger partial charge >= 0.3 is 0 Å². The highest BCUT2D eigenvalue weighted by atomic mass is 32.2. The molecule has 0 bridgehead atoms. The third-order valence-electron chi connectivity index (χ3n) is 6.46. The van der Waals surface area contributed by atoms with Crippen LogP contribution in [0, 0.1) is 16.7 Å². The third-order valence-corrected chi connectivity index (χ3v) is 8.36. The summed E-state index contributed by atoms with van der Waals surface area (Å²) < 4.78 is 38.3. The minimum absolute atomic E-state index is 0.140. The number of anilines is 3. The lowest BCUT2D eigenvalue weighted by atomic mass is 9.92. The number of methoxy groups -OCH3 is 1. The van der Waals surface area contributed by atoms with Gasteiger partial charge in [0, 0.05) is 42.5 Å². The summed E-state index contributed by atoms with van der Waals surface area (Å²) in [7, 11) is -2.19. The molecule has 0 radical (unpaired) electrons. The zero-order valence-electron chi connectivity index (χ0n) is 19.3. The minimum Gasteiger partial charge on any atom is -0.495 e. The van der Waals surface area contributed by atoms with Gasteiger partial charge in [-0.3, -0.25) is 5.41 Å². The van der Waals surface area contributed by atoms with E-state index >= 15 is 0 Å². The van der Waals surface area contributed by atoms with Crippen LogP contribution in [0.5, 0.6) is 5.75 Å². The van der Waals surface area contributed by atoms with Crippen molar-refractivity contribution in [2.75, 3.05) is 44.0 Å². The molecule has 1 aromatic heterocycles. The van der Waals surface area contributed by atoms with Gasteiger partial charge in [-0.25, -0.2) is 13.4 Å². The number of sulfonamides is 1. The predicted molar refractivity (Wildman–Crippen MR) is 132 cm³/mol. The summed E-state index contributed by atoms with van der Waals surface area (Å²) in [5, 5.41) is 24.6. The molecule has 35 heavy (non-hydrogen) atoms. The number of fused-ring (bicyclic) bond motifs is 1. The fourth-order valence-corrected chi connectivity index (χ4v) is 5.77. The van der Waals surface area contributed by atoms with Crippen LogP contribution in [0.1, 0.15) is 30.5 Å². The number of allylic oxidation sites excluding steroid dienone is 2. The maximum absolute atomic E-state index is 13.0. The monoisotopic (exact) mass is 494 g/mol. The second kappa shape index (κ2) is 9.30. The van der Waals surface area contributed by atoms with Crippen molar-refractivity contribution < 1.29 is 17.9 Å². The molecule has 0 amide bonds. The average Bonchev–Trinajstić information content (AvgIpc) is 3.17. The van der Waals surface area contributed by atoms with Crippen LogP contribution in [0.25, 0.3) is 5.57 Å². The first kappa shape index (κ1) is 23.3. The summed E-state index contributed by atoms with van der Waals surface area (Å²) in [4.78, 5) is 4.72. The number of hydrogen-bond acceptors (Lipinski definition) is 9. The summed E-state index contributed by atoms with van der Waals surface area (Å²) in [5.41, 5.74) is 2.96. The Kier molecular flexibility index (Phi) is 6.19. The summed E-state index contributed by atoms with van der Waals surface area (Å²) in [5.74, 6) is 0.811. The molecule has 11 heteroatoms. The molecule has 0 spiro atoms. The molecular weight excluding hydrogens is 468 g/mol. The lowest BCUT2D eigenvalue weighted by Gasteiger charge is -2.29. The van der Waals surface area contributed by atoms with Crippen molar-refractivity contribution in [1.82, 2.24) is 9.29 Å². The molecule has 3 N–H and O–H groups in total. The van der Waals surface area contributed by atoms with E-state index in [1.807, 2.05) is 6.07 Å². The Hall–Kier alpha value is -3.46. The Balaban J connectivity index is 1.47. The van der Waals surface area contributed by atoms with Crippen molar-refractivity contribution >= 4 is 38.5 Å². The maximum Gasteiger partial charge on any atom is 0.243 e. The summed E-state index contributed by atoms with van der Waals surface area (Å²) in [6.45, 7) is 1.36. The number of benzene rings is 1. The van der Waals surface area contributed by atoms with E-state index in [4.69, 9.17) is 14.9 Å². The minimum atomic E-state index is -3.67.